The maximum atomic E-state index is 10.3. The van der Waals surface area contributed by atoms with Gasteiger partial charge in [-0.15, -0.1) is 0 Å². The van der Waals surface area contributed by atoms with Crippen molar-refractivity contribution in [2.45, 2.75) is 70.7 Å². The number of rotatable bonds is 17. The topological polar surface area (TPSA) is 60.0 Å². The van der Waals surface area contributed by atoms with Crippen molar-refractivity contribution in [2.75, 3.05) is 27.3 Å². The molecule has 0 radical (unpaired) electrons. The van der Waals surface area contributed by atoms with Gasteiger partial charge in [0.2, 0.25) is 0 Å². The van der Waals surface area contributed by atoms with Crippen LogP contribution < -0.4 is 14.8 Å². The summed E-state index contributed by atoms with van der Waals surface area (Å²) in [4.78, 5) is 0. The van der Waals surface area contributed by atoms with Crippen molar-refractivity contribution < 1.29 is 19.3 Å². The molecule has 0 saturated carbocycles. The first-order valence-electron chi connectivity index (χ1n) is 12.0. The molecule has 178 valence electrons. The molecule has 5 heteroatoms. The van der Waals surface area contributed by atoms with Crippen LogP contribution in [0.15, 0.2) is 48.5 Å². The third-order valence-electron chi connectivity index (χ3n) is 5.58. The van der Waals surface area contributed by atoms with Gasteiger partial charge >= 0.3 is 0 Å². The molecule has 2 unspecified atom stereocenters. The van der Waals surface area contributed by atoms with E-state index in [1.807, 2.05) is 37.4 Å². The Balaban J connectivity index is 1.84. The Hall–Kier alpha value is -2.08. The van der Waals surface area contributed by atoms with Crippen molar-refractivity contribution in [2.24, 2.45) is 0 Å². The highest BCUT2D eigenvalue weighted by atomic mass is 16.6. The Morgan fingerprint density at radius 2 is 1.69 bits per heavy atom. The third kappa shape index (κ3) is 10.0. The minimum atomic E-state index is -0.746. The van der Waals surface area contributed by atoms with Crippen LogP contribution >= 0.6 is 0 Å². The van der Waals surface area contributed by atoms with E-state index in [0.29, 0.717) is 19.6 Å². The van der Waals surface area contributed by atoms with Gasteiger partial charge in [-0.1, -0.05) is 62.9 Å². The van der Waals surface area contributed by atoms with E-state index in [2.05, 4.69) is 30.4 Å². The van der Waals surface area contributed by atoms with Crippen molar-refractivity contribution >= 4 is 0 Å². The summed E-state index contributed by atoms with van der Waals surface area (Å²) in [6.45, 7) is 3.23. The van der Waals surface area contributed by atoms with E-state index in [4.69, 9.17) is 14.2 Å². The fraction of sp³-hybridized carbons (Fsp3) is 0.556. The van der Waals surface area contributed by atoms with E-state index in [1.54, 1.807) is 7.11 Å². The molecule has 0 aliphatic rings. The first kappa shape index (κ1) is 26.2. The molecule has 0 amide bonds. The largest absolute Gasteiger partial charge is 0.497 e. The number of likely N-dealkylation sites (N-methyl/N-ethyl adjacent to an activating group) is 1. The molecular weight excluding hydrogens is 402 g/mol. The molecule has 2 aromatic rings. The second-order valence-corrected chi connectivity index (χ2v) is 8.24. The molecule has 2 rings (SSSR count). The number of nitrogens with one attached hydrogen (secondary N) is 1. The molecule has 2 aromatic carbocycles. The Bertz CT molecular complexity index is 735. The van der Waals surface area contributed by atoms with Gasteiger partial charge in [-0.25, -0.2) is 0 Å². The number of benzene rings is 2. The average molecular weight is 444 g/mol. The summed E-state index contributed by atoms with van der Waals surface area (Å²) < 4.78 is 17.2. The lowest BCUT2D eigenvalue weighted by Gasteiger charge is -2.22. The average Bonchev–Trinajstić information content (AvgIpc) is 2.82. The van der Waals surface area contributed by atoms with Gasteiger partial charge in [0.05, 0.1) is 7.11 Å². The summed E-state index contributed by atoms with van der Waals surface area (Å²) in [6.07, 6.45) is 7.36. The molecule has 0 heterocycles. The van der Waals surface area contributed by atoms with Gasteiger partial charge in [0.25, 0.3) is 0 Å². The summed E-state index contributed by atoms with van der Waals surface area (Å²) in [5, 5.41) is 13.4. The van der Waals surface area contributed by atoms with Gasteiger partial charge < -0.3 is 24.6 Å². The molecule has 0 bridgehead atoms. The standard InChI is InChI=1S/C27H41NO4/c1-4-5-6-7-8-13-27(29)32-25(20-28-2)21-31-26-12-10-9-11-23(26)17-14-22-15-18-24(30-3)19-16-22/h9-12,15-16,18-19,25,27-29H,4-8,13-14,17,20-21H2,1-3H3. The SMILES string of the molecule is CCCCCCCC(O)OC(CNC)COc1ccccc1CCc1ccc(OC)cc1. The first-order valence-corrected chi connectivity index (χ1v) is 12.0. The third-order valence-corrected chi connectivity index (χ3v) is 5.58. The van der Waals surface area contributed by atoms with Crippen LogP contribution in [0.5, 0.6) is 11.5 Å². The smallest absolute Gasteiger partial charge is 0.155 e. The van der Waals surface area contributed by atoms with E-state index in [0.717, 1.165) is 37.2 Å². The van der Waals surface area contributed by atoms with E-state index in [9.17, 15) is 5.11 Å². The van der Waals surface area contributed by atoms with E-state index >= 15 is 0 Å². The van der Waals surface area contributed by atoms with E-state index in [1.165, 1.54) is 30.4 Å². The monoisotopic (exact) mass is 443 g/mol. The number of ether oxygens (including phenoxy) is 3. The predicted octanol–water partition coefficient (Wildman–Crippen LogP) is 5.14. The zero-order valence-corrected chi connectivity index (χ0v) is 20.0. The van der Waals surface area contributed by atoms with Crippen molar-refractivity contribution in [3.05, 3.63) is 59.7 Å². The molecule has 0 spiro atoms. The molecule has 32 heavy (non-hydrogen) atoms. The van der Waals surface area contributed by atoms with Crippen molar-refractivity contribution in [3.8, 4) is 11.5 Å². The minimum absolute atomic E-state index is 0.208. The molecule has 0 saturated heterocycles. The van der Waals surface area contributed by atoms with Gasteiger partial charge in [-0.05, 0) is 62.1 Å². The van der Waals surface area contributed by atoms with Gasteiger partial charge in [0.1, 0.15) is 24.2 Å². The number of hydrogen-bond donors (Lipinski definition) is 2. The molecule has 5 nitrogen and oxygen atoms in total. The van der Waals surface area contributed by atoms with Crippen LogP contribution in [0.2, 0.25) is 0 Å². The minimum Gasteiger partial charge on any atom is -0.497 e. The second kappa shape index (κ2) is 15.7. The lowest BCUT2D eigenvalue weighted by atomic mass is 10.0. The van der Waals surface area contributed by atoms with Gasteiger partial charge in [-0.2, -0.15) is 0 Å². The Morgan fingerprint density at radius 1 is 0.938 bits per heavy atom. The maximum absolute atomic E-state index is 10.3. The summed E-state index contributed by atoms with van der Waals surface area (Å²) >= 11 is 0. The van der Waals surface area contributed by atoms with E-state index in [-0.39, 0.29) is 6.10 Å². The molecular formula is C27H41NO4. The van der Waals surface area contributed by atoms with Crippen molar-refractivity contribution in [1.82, 2.24) is 5.32 Å². The predicted molar refractivity (Wildman–Crippen MR) is 131 cm³/mol. The van der Waals surface area contributed by atoms with Crippen molar-refractivity contribution in [1.29, 1.82) is 0 Å². The summed E-state index contributed by atoms with van der Waals surface area (Å²) in [6, 6.07) is 16.3. The van der Waals surface area contributed by atoms with Crippen molar-refractivity contribution in [3.63, 3.8) is 0 Å². The molecule has 0 aliphatic heterocycles. The quantitative estimate of drug-likeness (QED) is 0.262. The molecule has 2 N–H and O–H groups in total. The van der Waals surface area contributed by atoms with Crippen LogP contribution in [0.4, 0.5) is 0 Å². The van der Waals surface area contributed by atoms with Crippen LogP contribution in [-0.2, 0) is 17.6 Å². The number of aryl methyl sites for hydroxylation is 2. The van der Waals surface area contributed by atoms with Gasteiger partial charge in [-0.3, -0.25) is 0 Å². The van der Waals surface area contributed by atoms with E-state index < -0.39 is 6.29 Å². The number of aliphatic hydroxyl groups excluding tert-OH is 1. The number of para-hydroxylation sites is 1. The van der Waals surface area contributed by atoms with Crippen LogP contribution in [0.25, 0.3) is 0 Å². The normalized spacial score (nSPS) is 13.0. The Morgan fingerprint density at radius 3 is 2.41 bits per heavy atom. The van der Waals surface area contributed by atoms with Gasteiger partial charge in [0.15, 0.2) is 6.29 Å². The van der Waals surface area contributed by atoms with Crippen LogP contribution in [0.3, 0.4) is 0 Å². The zero-order chi connectivity index (χ0) is 23.0. The van der Waals surface area contributed by atoms with Gasteiger partial charge in [0, 0.05) is 6.54 Å². The number of methoxy groups -OCH3 is 1. The highest BCUT2D eigenvalue weighted by Gasteiger charge is 2.16. The van der Waals surface area contributed by atoms with Crippen LogP contribution in [0.1, 0.15) is 56.6 Å². The lowest BCUT2D eigenvalue weighted by molar-refractivity contribution is -0.146. The van der Waals surface area contributed by atoms with Crippen LogP contribution in [-0.4, -0.2) is 44.8 Å². The highest BCUT2D eigenvalue weighted by molar-refractivity contribution is 5.35. The fourth-order valence-electron chi connectivity index (χ4n) is 3.69. The summed E-state index contributed by atoms with van der Waals surface area (Å²) in [5.41, 5.74) is 2.43. The number of aliphatic hydroxyl groups is 1. The number of unbranched alkanes of at least 4 members (excludes halogenated alkanes) is 4. The maximum Gasteiger partial charge on any atom is 0.155 e. The Labute approximate surface area is 194 Å². The summed E-state index contributed by atoms with van der Waals surface area (Å²) in [7, 11) is 3.57. The highest BCUT2D eigenvalue weighted by Crippen LogP contribution is 2.21. The lowest BCUT2D eigenvalue weighted by Crippen LogP contribution is -2.35. The molecule has 0 aromatic heterocycles. The van der Waals surface area contributed by atoms with Crippen LogP contribution in [0, 0.1) is 0 Å². The first-order chi connectivity index (χ1) is 15.7. The molecule has 2 atom stereocenters. The summed E-state index contributed by atoms with van der Waals surface area (Å²) in [5.74, 6) is 1.75. The zero-order valence-electron chi connectivity index (χ0n) is 20.0. The molecule has 0 fully saturated rings. The second-order valence-electron chi connectivity index (χ2n) is 8.24. The number of hydrogen-bond acceptors (Lipinski definition) is 5. The Kier molecular flexibility index (Phi) is 12.8. The molecule has 0 aliphatic carbocycles. The fourth-order valence-corrected chi connectivity index (χ4v) is 3.69.